The summed E-state index contributed by atoms with van der Waals surface area (Å²) in [6, 6.07) is 5.74. The molecule has 0 spiro atoms. The monoisotopic (exact) mass is 411 g/mol. The Kier molecular flexibility index (Phi) is 6.44. The standard InChI is InChI=1S/C18H18ClN3O2S.ClH/c1-5-24-18(23)15-10(3)14-16(20-11(4)21-17(14)25-15)22-12-7-6-9(2)13(19)8-12;/h6-8H,5H2,1-4H3,(H,20,21,22);1H. The van der Waals surface area contributed by atoms with Crippen molar-refractivity contribution in [2.75, 3.05) is 11.9 Å². The quantitative estimate of drug-likeness (QED) is 0.564. The van der Waals surface area contributed by atoms with E-state index in [2.05, 4.69) is 15.3 Å². The Hall–Kier alpha value is -1.89. The van der Waals surface area contributed by atoms with Gasteiger partial charge in [-0.1, -0.05) is 17.7 Å². The highest BCUT2D eigenvalue weighted by atomic mass is 35.5. The number of aryl methyl sites for hydroxylation is 3. The Morgan fingerprint density at radius 2 is 2.00 bits per heavy atom. The summed E-state index contributed by atoms with van der Waals surface area (Å²) in [6.45, 7) is 7.79. The molecule has 1 aromatic carbocycles. The van der Waals surface area contributed by atoms with E-state index in [4.69, 9.17) is 16.3 Å². The third kappa shape index (κ3) is 3.92. The van der Waals surface area contributed by atoms with Crippen LogP contribution in [0.3, 0.4) is 0 Å². The molecule has 0 atom stereocenters. The molecule has 0 aliphatic carbocycles. The largest absolute Gasteiger partial charge is 0.462 e. The van der Waals surface area contributed by atoms with Crippen LogP contribution in [-0.4, -0.2) is 22.5 Å². The molecule has 0 fully saturated rings. The first-order valence-corrected chi connectivity index (χ1v) is 9.08. The first-order valence-electron chi connectivity index (χ1n) is 7.88. The van der Waals surface area contributed by atoms with E-state index >= 15 is 0 Å². The molecule has 0 bridgehead atoms. The number of anilines is 2. The van der Waals surface area contributed by atoms with Crippen molar-refractivity contribution in [3.8, 4) is 0 Å². The molecule has 5 nitrogen and oxygen atoms in total. The van der Waals surface area contributed by atoms with Crippen LogP contribution in [0.25, 0.3) is 10.2 Å². The van der Waals surface area contributed by atoms with Gasteiger partial charge in [0.25, 0.3) is 0 Å². The molecule has 3 aromatic rings. The molecular formula is C18H19Cl2N3O2S. The Bertz CT molecular complexity index is 973. The van der Waals surface area contributed by atoms with Crippen molar-refractivity contribution in [1.29, 1.82) is 0 Å². The second kappa shape index (κ2) is 8.20. The third-order valence-electron chi connectivity index (χ3n) is 3.80. The summed E-state index contributed by atoms with van der Waals surface area (Å²) < 4.78 is 5.14. The lowest BCUT2D eigenvalue weighted by atomic mass is 10.2. The Labute approximate surface area is 167 Å². The van der Waals surface area contributed by atoms with Crippen LogP contribution in [0.5, 0.6) is 0 Å². The van der Waals surface area contributed by atoms with Crippen molar-refractivity contribution in [2.45, 2.75) is 27.7 Å². The van der Waals surface area contributed by atoms with Gasteiger partial charge in [0.1, 0.15) is 21.3 Å². The lowest BCUT2D eigenvalue weighted by Crippen LogP contribution is -2.04. The van der Waals surface area contributed by atoms with Gasteiger partial charge < -0.3 is 10.1 Å². The smallest absolute Gasteiger partial charge is 0.348 e. The summed E-state index contributed by atoms with van der Waals surface area (Å²) in [4.78, 5) is 22.5. The van der Waals surface area contributed by atoms with Crippen LogP contribution >= 0.6 is 35.3 Å². The highest BCUT2D eigenvalue weighted by Gasteiger charge is 2.21. The van der Waals surface area contributed by atoms with E-state index in [0.717, 1.165) is 27.0 Å². The fourth-order valence-electron chi connectivity index (χ4n) is 2.53. The highest BCUT2D eigenvalue weighted by molar-refractivity contribution is 7.20. The number of nitrogens with zero attached hydrogens (tertiary/aromatic N) is 2. The van der Waals surface area contributed by atoms with E-state index in [-0.39, 0.29) is 18.4 Å². The summed E-state index contributed by atoms with van der Waals surface area (Å²) in [5.74, 6) is 0.960. The van der Waals surface area contributed by atoms with Gasteiger partial charge in [-0.05, 0) is 51.0 Å². The third-order valence-corrected chi connectivity index (χ3v) is 5.37. The minimum Gasteiger partial charge on any atom is -0.462 e. The molecule has 0 aliphatic rings. The van der Waals surface area contributed by atoms with Crippen LogP contribution in [0.1, 0.15) is 33.5 Å². The maximum absolute atomic E-state index is 12.2. The number of fused-ring (bicyclic) bond motifs is 1. The van der Waals surface area contributed by atoms with Crippen LogP contribution in [0.15, 0.2) is 18.2 Å². The number of hydrogen-bond donors (Lipinski definition) is 1. The summed E-state index contributed by atoms with van der Waals surface area (Å²) in [5.41, 5.74) is 2.66. The van der Waals surface area contributed by atoms with Crippen molar-refractivity contribution < 1.29 is 9.53 Å². The number of ether oxygens (including phenoxy) is 1. The first kappa shape index (κ1) is 20.4. The second-order valence-corrected chi connectivity index (χ2v) is 7.07. The topological polar surface area (TPSA) is 64.1 Å². The first-order chi connectivity index (χ1) is 11.9. The number of rotatable bonds is 4. The number of nitrogens with one attached hydrogen (secondary N) is 1. The van der Waals surface area contributed by atoms with Crippen molar-refractivity contribution in [2.24, 2.45) is 0 Å². The average molecular weight is 412 g/mol. The normalized spacial score (nSPS) is 10.5. The molecular weight excluding hydrogens is 393 g/mol. The lowest BCUT2D eigenvalue weighted by Gasteiger charge is -2.10. The Morgan fingerprint density at radius 3 is 2.65 bits per heavy atom. The number of aromatic nitrogens is 2. The number of carbonyl (C=O) groups excluding carboxylic acids is 1. The van der Waals surface area contributed by atoms with Crippen LogP contribution in [0.2, 0.25) is 5.02 Å². The molecule has 26 heavy (non-hydrogen) atoms. The fraction of sp³-hybridized carbons (Fsp3) is 0.278. The van der Waals surface area contributed by atoms with Crippen molar-refractivity contribution >= 4 is 63.0 Å². The molecule has 138 valence electrons. The van der Waals surface area contributed by atoms with Gasteiger partial charge >= 0.3 is 5.97 Å². The molecule has 2 heterocycles. The summed E-state index contributed by atoms with van der Waals surface area (Å²) in [5, 5.41) is 4.81. The summed E-state index contributed by atoms with van der Waals surface area (Å²) in [6.07, 6.45) is 0. The van der Waals surface area contributed by atoms with Gasteiger partial charge in [-0.15, -0.1) is 23.7 Å². The molecule has 1 N–H and O–H groups in total. The van der Waals surface area contributed by atoms with E-state index in [0.29, 0.717) is 28.1 Å². The van der Waals surface area contributed by atoms with Gasteiger partial charge in [-0.25, -0.2) is 14.8 Å². The number of thiophene rings is 1. The van der Waals surface area contributed by atoms with Crippen LogP contribution in [0.4, 0.5) is 11.5 Å². The summed E-state index contributed by atoms with van der Waals surface area (Å²) in [7, 11) is 0. The van der Waals surface area contributed by atoms with Crippen LogP contribution < -0.4 is 5.32 Å². The van der Waals surface area contributed by atoms with Gasteiger partial charge in [0.2, 0.25) is 0 Å². The van der Waals surface area contributed by atoms with Gasteiger partial charge in [0.05, 0.1) is 12.0 Å². The van der Waals surface area contributed by atoms with Gasteiger partial charge in [-0.3, -0.25) is 0 Å². The van der Waals surface area contributed by atoms with E-state index in [1.807, 2.05) is 39.0 Å². The average Bonchev–Trinajstić information content (AvgIpc) is 2.88. The zero-order valence-corrected chi connectivity index (χ0v) is 17.2. The van der Waals surface area contributed by atoms with Gasteiger partial charge in [0, 0.05) is 10.7 Å². The zero-order chi connectivity index (χ0) is 18.1. The second-order valence-electron chi connectivity index (χ2n) is 5.67. The zero-order valence-electron chi connectivity index (χ0n) is 14.8. The van der Waals surface area contributed by atoms with Gasteiger partial charge in [0.15, 0.2) is 0 Å². The van der Waals surface area contributed by atoms with Gasteiger partial charge in [-0.2, -0.15) is 0 Å². The minimum atomic E-state index is -0.329. The predicted octanol–water partition coefficient (Wildman–Crippen LogP) is 5.61. The summed E-state index contributed by atoms with van der Waals surface area (Å²) >= 11 is 7.53. The Morgan fingerprint density at radius 1 is 1.27 bits per heavy atom. The molecule has 0 aliphatic heterocycles. The number of carbonyl (C=O) groups is 1. The fourth-order valence-corrected chi connectivity index (χ4v) is 3.84. The van der Waals surface area contributed by atoms with E-state index in [1.165, 1.54) is 11.3 Å². The Balaban J connectivity index is 0.00000243. The van der Waals surface area contributed by atoms with Crippen molar-refractivity contribution in [3.63, 3.8) is 0 Å². The van der Waals surface area contributed by atoms with E-state index in [9.17, 15) is 4.79 Å². The molecule has 0 amide bonds. The minimum absolute atomic E-state index is 0. The molecule has 0 unspecified atom stereocenters. The highest BCUT2D eigenvalue weighted by Crippen LogP contribution is 2.35. The maximum atomic E-state index is 12.2. The molecule has 3 rings (SSSR count). The molecule has 2 aromatic heterocycles. The predicted molar refractivity (Wildman–Crippen MR) is 110 cm³/mol. The molecule has 0 saturated heterocycles. The number of hydrogen-bond acceptors (Lipinski definition) is 6. The SMILES string of the molecule is CCOC(=O)c1sc2nc(C)nc(Nc3ccc(C)c(Cl)c3)c2c1C.Cl. The van der Waals surface area contributed by atoms with Crippen LogP contribution in [0, 0.1) is 20.8 Å². The van der Waals surface area contributed by atoms with Crippen molar-refractivity contribution in [3.05, 3.63) is 45.1 Å². The van der Waals surface area contributed by atoms with Crippen LogP contribution in [-0.2, 0) is 4.74 Å². The number of halogens is 2. The number of benzene rings is 1. The van der Waals surface area contributed by atoms with E-state index < -0.39 is 0 Å². The molecule has 0 radical (unpaired) electrons. The number of esters is 1. The van der Waals surface area contributed by atoms with Crippen molar-refractivity contribution in [1.82, 2.24) is 9.97 Å². The maximum Gasteiger partial charge on any atom is 0.348 e. The lowest BCUT2D eigenvalue weighted by molar-refractivity contribution is 0.0531. The molecule has 0 saturated carbocycles. The van der Waals surface area contributed by atoms with E-state index in [1.54, 1.807) is 6.92 Å². The molecule has 8 heteroatoms.